The first-order chi connectivity index (χ1) is 9.03. The van der Waals surface area contributed by atoms with Crippen molar-refractivity contribution >= 4 is 22.6 Å². The summed E-state index contributed by atoms with van der Waals surface area (Å²) in [7, 11) is 2.03. The third-order valence-electron chi connectivity index (χ3n) is 4.10. The van der Waals surface area contributed by atoms with Crippen LogP contribution in [-0.2, 0) is 12.5 Å². The van der Waals surface area contributed by atoms with Crippen LogP contribution < -0.4 is 0 Å². The van der Waals surface area contributed by atoms with Crippen LogP contribution in [0.5, 0.6) is 0 Å². The Labute approximate surface area is 132 Å². The van der Waals surface area contributed by atoms with Gasteiger partial charge in [0.05, 0.1) is 0 Å². The SMILES string of the molecule is CCCCCCC(C)(CCCC)c1cn(C)nc1I. The van der Waals surface area contributed by atoms with Crippen molar-refractivity contribution in [2.24, 2.45) is 7.05 Å². The van der Waals surface area contributed by atoms with Crippen molar-refractivity contribution < 1.29 is 0 Å². The van der Waals surface area contributed by atoms with Crippen LogP contribution in [0.2, 0.25) is 0 Å². The molecule has 19 heavy (non-hydrogen) atoms. The summed E-state index contributed by atoms with van der Waals surface area (Å²) in [6.07, 6.45) is 12.8. The molecule has 0 spiro atoms. The molecule has 110 valence electrons. The fourth-order valence-corrected chi connectivity index (χ4v) is 3.90. The molecule has 0 amide bonds. The average molecular weight is 376 g/mol. The molecule has 0 N–H and O–H groups in total. The van der Waals surface area contributed by atoms with Crippen LogP contribution in [0.1, 0.15) is 77.7 Å². The van der Waals surface area contributed by atoms with Crippen molar-refractivity contribution in [3.63, 3.8) is 0 Å². The Morgan fingerprint density at radius 1 is 1.11 bits per heavy atom. The maximum absolute atomic E-state index is 4.53. The molecule has 1 aromatic heterocycles. The van der Waals surface area contributed by atoms with E-state index in [0.29, 0.717) is 5.41 Å². The van der Waals surface area contributed by atoms with Gasteiger partial charge in [0, 0.05) is 18.8 Å². The molecule has 0 saturated heterocycles. The second-order valence-corrected chi connectivity index (χ2v) is 7.00. The summed E-state index contributed by atoms with van der Waals surface area (Å²) in [4.78, 5) is 0. The Bertz CT molecular complexity index is 373. The zero-order chi connectivity index (χ0) is 14.3. The Morgan fingerprint density at radius 3 is 2.26 bits per heavy atom. The van der Waals surface area contributed by atoms with E-state index >= 15 is 0 Å². The molecule has 0 fully saturated rings. The molecule has 1 heterocycles. The highest BCUT2D eigenvalue weighted by Crippen LogP contribution is 2.37. The van der Waals surface area contributed by atoms with Crippen LogP contribution in [0.25, 0.3) is 0 Å². The van der Waals surface area contributed by atoms with Gasteiger partial charge in [0.25, 0.3) is 0 Å². The standard InChI is InChI=1S/C16H29IN2/c1-5-7-9-10-12-16(3,11-8-6-2)14-13-19(4)18-15(14)17/h13H,5-12H2,1-4H3. The predicted octanol–water partition coefficient (Wildman–Crippen LogP) is 5.44. The van der Waals surface area contributed by atoms with Crippen molar-refractivity contribution in [2.75, 3.05) is 0 Å². The zero-order valence-corrected chi connectivity index (χ0v) is 15.2. The van der Waals surface area contributed by atoms with Gasteiger partial charge >= 0.3 is 0 Å². The van der Waals surface area contributed by atoms with Crippen LogP contribution in [-0.4, -0.2) is 9.78 Å². The number of hydrogen-bond donors (Lipinski definition) is 0. The van der Waals surface area contributed by atoms with Gasteiger partial charge in [0.2, 0.25) is 0 Å². The Kier molecular flexibility index (Phi) is 7.40. The van der Waals surface area contributed by atoms with Gasteiger partial charge in [0.15, 0.2) is 0 Å². The van der Waals surface area contributed by atoms with E-state index in [1.54, 1.807) is 0 Å². The van der Waals surface area contributed by atoms with Gasteiger partial charge in [-0.15, -0.1) is 0 Å². The van der Waals surface area contributed by atoms with Gasteiger partial charge in [-0.2, -0.15) is 5.10 Å². The third kappa shape index (κ3) is 5.09. The van der Waals surface area contributed by atoms with Crippen LogP contribution >= 0.6 is 22.6 Å². The minimum absolute atomic E-state index is 0.314. The van der Waals surface area contributed by atoms with E-state index in [-0.39, 0.29) is 0 Å². The van der Waals surface area contributed by atoms with Crippen LogP contribution in [0, 0.1) is 3.70 Å². The van der Waals surface area contributed by atoms with E-state index < -0.39 is 0 Å². The first-order valence-corrected chi connectivity index (χ1v) is 8.81. The number of halogens is 1. The van der Waals surface area contributed by atoms with Crippen LogP contribution in [0.4, 0.5) is 0 Å². The van der Waals surface area contributed by atoms with Gasteiger partial charge in [-0.05, 0) is 40.8 Å². The first kappa shape index (κ1) is 17.0. The summed E-state index contributed by atoms with van der Waals surface area (Å²) >= 11 is 2.39. The van der Waals surface area contributed by atoms with Crippen molar-refractivity contribution in [3.05, 3.63) is 15.5 Å². The molecule has 3 heteroatoms. The van der Waals surface area contributed by atoms with Gasteiger partial charge < -0.3 is 0 Å². The fourth-order valence-electron chi connectivity index (χ4n) is 2.77. The van der Waals surface area contributed by atoms with Crippen molar-refractivity contribution in [1.29, 1.82) is 0 Å². The van der Waals surface area contributed by atoms with Gasteiger partial charge in [0.1, 0.15) is 3.70 Å². The lowest BCUT2D eigenvalue weighted by Gasteiger charge is -2.29. The van der Waals surface area contributed by atoms with Crippen molar-refractivity contribution in [3.8, 4) is 0 Å². The Morgan fingerprint density at radius 2 is 1.74 bits per heavy atom. The molecular formula is C16H29IN2. The zero-order valence-electron chi connectivity index (χ0n) is 13.0. The minimum Gasteiger partial charge on any atom is -0.274 e. The number of aryl methyl sites for hydroxylation is 1. The second kappa shape index (κ2) is 8.28. The molecule has 0 aliphatic carbocycles. The summed E-state index contributed by atoms with van der Waals surface area (Å²) in [6.45, 7) is 7.00. The van der Waals surface area contributed by atoms with Gasteiger partial charge in [-0.1, -0.05) is 59.3 Å². The number of nitrogens with zero attached hydrogens (tertiary/aromatic N) is 2. The molecule has 2 nitrogen and oxygen atoms in total. The van der Waals surface area contributed by atoms with E-state index in [9.17, 15) is 0 Å². The van der Waals surface area contributed by atoms with Gasteiger partial charge in [-0.25, -0.2) is 0 Å². The molecule has 0 aliphatic rings. The van der Waals surface area contributed by atoms with Crippen LogP contribution in [0.3, 0.4) is 0 Å². The predicted molar refractivity (Wildman–Crippen MR) is 91.6 cm³/mol. The molecule has 0 bridgehead atoms. The molecule has 0 radical (unpaired) electrons. The summed E-state index contributed by atoms with van der Waals surface area (Å²) < 4.78 is 3.15. The van der Waals surface area contributed by atoms with E-state index in [0.717, 1.165) is 0 Å². The topological polar surface area (TPSA) is 17.8 Å². The maximum Gasteiger partial charge on any atom is 0.127 e. The third-order valence-corrected chi connectivity index (χ3v) is 4.90. The van der Waals surface area contributed by atoms with Crippen molar-refractivity contribution in [1.82, 2.24) is 9.78 Å². The molecule has 0 aliphatic heterocycles. The Hall–Kier alpha value is -0.0600. The van der Waals surface area contributed by atoms with Crippen molar-refractivity contribution in [2.45, 2.75) is 77.6 Å². The lowest BCUT2D eigenvalue weighted by Crippen LogP contribution is -2.22. The number of hydrogen-bond acceptors (Lipinski definition) is 1. The normalized spacial score (nSPS) is 14.6. The highest BCUT2D eigenvalue weighted by atomic mass is 127. The molecule has 1 aromatic rings. The molecule has 0 aromatic carbocycles. The monoisotopic (exact) mass is 376 g/mol. The second-order valence-electron chi connectivity index (χ2n) is 5.98. The number of unbranched alkanes of at least 4 members (excludes halogenated alkanes) is 4. The molecule has 1 unspecified atom stereocenters. The summed E-state index contributed by atoms with van der Waals surface area (Å²) in [6, 6.07) is 0. The Balaban J connectivity index is 2.76. The van der Waals surface area contributed by atoms with Crippen LogP contribution in [0.15, 0.2) is 6.20 Å². The highest BCUT2D eigenvalue weighted by Gasteiger charge is 2.29. The largest absolute Gasteiger partial charge is 0.274 e. The van der Waals surface area contributed by atoms with E-state index in [1.807, 2.05) is 11.7 Å². The first-order valence-electron chi connectivity index (χ1n) is 7.73. The molecule has 0 saturated carbocycles. The molecule has 1 rings (SSSR count). The van der Waals surface area contributed by atoms with E-state index in [4.69, 9.17) is 0 Å². The number of rotatable bonds is 9. The van der Waals surface area contributed by atoms with Gasteiger partial charge in [-0.3, -0.25) is 4.68 Å². The van der Waals surface area contributed by atoms with E-state index in [2.05, 4.69) is 54.7 Å². The minimum atomic E-state index is 0.314. The average Bonchev–Trinajstić information content (AvgIpc) is 2.72. The molecule has 1 atom stereocenters. The fraction of sp³-hybridized carbons (Fsp3) is 0.812. The lowest BCUT2D eigenvalue weighted by atomic mass is 9.75. The van der Waals surface area contributed by atoms with E-state index in [1.165, 1.54) is 60.6 Å². The number of aromatic nitrogens is 2. The summed E-state index contributed by atoms with van der Waals surface area (Å²) in [5.41, 5.74) is 1.77. The maximum atomic E-state index is 4.53. The molecular weight excluding hydrogens is 347 g/mol. The highest BCUT2D eigenvalue weighted by molar-refractivity contribution is 14.1. The lowest BCUT2D eigenvalue weighted by molar-refractivity contribution is 0.367. The quantitative estimate of drug-likeness (QED) is 0.414. The summed E-state index contributed by atoms with van der Waals surface area (Å²) in [5, 5.41) is 4.53. The smallest absolute Gasteiger partial charge is 0.127 e. The summed E-state index contributed by atoms with van der Waals surface area (Å²) in [5.74, 6) is 0.